The van der Waals surface area contributed by atoms with E-state index in [1.165, 1.54) is 11.3 Å². The van der Waals surface area contributed by atoms with E-state index >= 15 is 0 Å². The molecule has 1 aliphatic rings. The zero-order valence-electron chi connectivity index (χ0n) is 9.50. The van der Waals surface area contributed by atoms with E-state index in [-0.39, 0.29) is 12.4 Å². The standard InChI is InChI=1S/C12H17ClN2.ClH/c1-2-10-11(13)4-3-5-12(10)15-8-6-14-7-9-15;/h3-5,14H,2,6-9H2,1H3;1H. The molecule has 1 aliphatic heterocycles. The Labute approximate surface area is 108 Å². The van der Waals surface area contributed by atoms with Crippen LogP contribution in [0.4, 0.5) is 5.69 Å². The Morgan fingerprint density at radius 2 is 2.00 bits per heavy atom. The molecule has 1 saturated heterocycles. The van der Waals surface area contributed by atoms with E-state index in [1.54, 1.807) is 0 Å². The van der Waals surface area contributed by atoms with Gasteiger partial charge in [-0.1, -0.05) is 24.6 Å². The molecule has 1 fully saturated rings. The van der Waals surface area contributed by atoms with Crippen LogP contribution in [0, 0.1) is 0 Å². The number of nitrogens with zero attached hydrogens (tertiary/aromatic N) is 1. The predicted molar refractivity (Wildman–Crippen MR) is 73.2 cm³/mol. The van der Waals surface area contributed by atoms with Crippen molar-refractivity contribution >= 4 is 29.7 Å². The first-order chi connectivity index (χ1) is 7.33. The minimum absolute atomic E-state index is 0. The second-order valence-corrected chi connectivity index (χ2v) is 4.24. The van der Waals surface area contributed by atoms with Crippen LogP contribution in [0.1, 0.15) is 12.5 Å². The van der Waals surface area contributed by atoms with Gasteiger partial charge < -0.3 is 10.2 Å². The molecule has 4 heteroatoms. The molecule has 0 spiro atoms. The Bertz CT molecular complexity index is 336. The van der Waals surface area contributed by atoms with Crippen LogP contribution in [0.2, 0.25) is 5.02 Å². The Hall–Kier alpha value is -0.440. The molecule has 1 N–H and O–H groups in total. The molecular formula is C12H18Cl2N2. The van der Waals surface area contributed by atoms with Crippen molar-refractivity contribution in [3.63, 3.8) is 0 Å². The van der Waals surface area contributed by atoms with E-state index in [1.807, 2.05) is 12.1 Å². The van der Waals surface area contributed by atoms with Crippen LogP contribution in [0.15, 0.2) is 18.2 Å². The maximum absolute atomic E-state index is 6.21. The van der Waals surface area contributed by atoms with Gasteiger partial charge in [-0.3, -0.25) is 0 Å². The molecule has 0 bridgehead atoms. The molecule has 1 heterocycles. The second-order valence-electron chi connectivity index (χ2n) is 3.83. The van der Waals surface area contributed by atoms with E-state index < -0.39 is 0 Å². The van der Waals surface area contributed by atoms with Crippen molar-refractivity contribution < 1.29 is 0 Å². The Morgan fingerprint density at radius 1 is 1.31 bits per heavy atom. The van der Waals surface area contributed by atoms with E-state index in [0.717, 1.165) is 37.6 Å². The molecule has 16 heavy (non-hydrogen) atoms. The Morgan fingerprint density at radius 3 is 2.62 bits per heavy atom. The summed E-state index contributed by atoms with van der Waals surface area (Å²) in [5.41, 5.74) is 2.59. The first-order valence-electron chi connectivity index (χ1n) is 5.56. The zero-order valence-corrected chi connectivity index (χ0v) is 11.1. The molecule has 0 amide bonds. The summed E-state index contributed by atoms with van der Waals surface area (Å²) in [5.74, 6) is 0. The fourth-order valence-electron chi connectivity index (χ4n) is 2.10. The van der Waals surface area contributed by atoms with Crippen molar-refractivity contribution in [3.05, 3.63) is 28.8 Å². The summed E-state index contributed by atoms with van der Waals surface area (Å²) in [5, 5.41) is 4.26. The molecule has 0 aromatic heterocycles. The minimum Gasteiger partial charge on any atom is -0.369 e. The van der Waals surface area contributed by atoms with Crippen molar-refractivity contribution in [2.45, 2.75) is 13.3 Å². The topological polar surface area (TPSA) is 15.3 Å². The van der Waals surface area contributed by atoms with Crippen LogP contribution < -0.4 is 10.2 Å². The summed E-state index contributed by atoms with van der Waals surface area (Å²) in [4.78, 5) is 2.42. The average Bonchev–Trinajstić information content (AvgIpc) is 2.30. The van der Waals surface area contributed by atoms with Gasteiger partial charge in [-0.15, -0.1) is 12.4 Å². The van der Waals surface area contributed by atoms with Crippen LogP contribution in [-0.2, 0) is 6.42 Å². The summed E-state index contributed by atoms with van der Waals surface area (Å²) in [6.45, 7) is 6.44. The monoisotopic (exact) mass is 260 g/mol. The van der Waals surface area contributed by atoms with Gasteiger partial charge in [-0.2, -0.15) is 0 Å². The highest BCUT2D eigenvalue weighted by Gasteiger charge is 2.14. The van der Waals surface area contributed by atoms with Gasteiger partial charge >= 0.3 is 0 Å². The highest BCUT2D eigenvalue weighted by molar-refractivity contribution is 6.31. The molecule has 0 unspecified atom stereocenters. The van der Waals surface area contributed by atoms with Gasteiger partial charge in [0.1, 0.15) is 0 Å². The number of benzene rings is 1. The number of hydrogen-bond acceptors (Lipinski definition) is 2. The fraction of sp³-hybridized carbons (Fsp3) is 0.500. The van der Waals surface area contributed by atoms with Crippen LogP contribution in [0.3, 0.4) is 0 Å². The number of rotatable bonds is 2. The average molecular weight is 261 g/mol. The fourth-order valence-corrected chi connectivity index (χ4v) is 2.40. The highest BCUT2D eigenvalue weighted by atomic mass is 35.5. The molecule has 0 saturated carbocycles. The van der Waals surface area contributed by atoms with Gasteiger partial charge in [0.15, 0.2) is 0 Å². The molecule has 0 aliphatic carbocycles. The lowest BCUT2D eigenvalue weighted by atomic mass is 10.1. The lowest BCUT2D eigenvalue weighted by molar-refractivity contribution is 0.588. The third kappa shape index (κ3) is 2.82. The molecule has 1 aromatic carbocycles. The first kappa shape index (κ1) is 13.6. The Balaban J connectivity index is 0.00000128. The number of piperazine rings is 1. The molecular weight excluding hydrogens is 243 g/mol. The highest BCUT2D eigenvalue weighted by Crippen LogP contribution is 2.28. The lowest BCUT2D eigenvalue weighted by Gasteiger charge is -2.31. The summed E-state index contributed by atoms with van der Waals surface area (Å²) >= 11 is 6.21. The van der Waals surface area contributed by atoms with Gasteiger partial charge in [-0.25, -0.2) is 0 Å². The van der Waals surface area contributed by atoms with E-state index in [2.05, 4.69) is 23.2 Å². The number of halogens is 2. The molecule has 2 nitrogen and oxygen atoms in total. The molecule has 2 rings (SSSR count). The van der Waals surface area contributed by atoms with Crippen LogP contribution in [-0.4, -0.2) is 26.2 Å². The maximum Gasteiger partial charge on any atom is 0.0458 e. The van der Waals surface area contributed by atoms with E-state index in [0.29, 0.717) is 0 Å². The zero-order chi connectivity index (χ0) is 10.7. The van der Waals surface area contributed by atoms with Crippen molar-refractivity contribution in [2.75, 3.05) is 31.1 Å². The minimum atomic E-state index is 0. The summed E-state index contributed by atoms with van der Waals surface area (Å²) in [6, 6.07) is 6.20. The largest absolute Gasteiger partial charge is 0.369 e. The maximum atomic E-state index is 6.21. The number of anilines is 1. The first-order valence-corrected chi connectivity index (χ1v) is 5.93. The van der Waals surface area contributed by atoms with Gasteiger partial charge in [0, 0.05) is 36.9 Å². The molecule has 1 aromatic rings. The quantitative estimate of drug-likeness (QED) is 0.880. The number of nitrogens with one attached hydrogen (secondary N) is 1. The van der Waals surface area contributed by atoms with Crippen molar-refractivity contribution in [1.29, 1.82) is 0 Å². The van der Waals surface area contributed by atoms with Crippen LogP contribution >= 0.6 is 24.0 Å². The van der Waals surface area contributed by atoms with E-state index in [4.69, 9.17) is 11.6 Å². The van der Waals surface area contributed by atoms with Gasteiger partial charge in [0.2, 0.25) is 0 Å². The smallest absolute Gasteiger partial charge is 0.0458 e. The third-order valence-electron chi connectivity index (χ3n) is 2.91. The van der Waals surface area contributed by atoms with Crippen molar-refractivity contribution in [1.82, 2.24) is 5.32 Å². The van der Waals surface area contributed by atoms with Gasteiger partial charge in [-0.05, 0) is 24.1 Å². The SMILES string of the molecule is CCc1c(Cl)cccc1N1CCNCC1.Cl. The van der Waals surface area contributed by atoms with Gasteiger partial charge in [0.05, 0.1) is 0 Å². The third-order valence-corrected chi connectivity index (χ3v) is 3.26. The molecule has 0 atom stereocenters. The van der Waals surface area contributed by atoms with Crippen molar-refractivity contribution in [3.8, 4) is 0 Å². The lowest BCUT2D eigenvalue weighted by Crippen LogP contribution is -2.43. The Kier molecular flexibility index (Phi) is 5.39. The molecule has 0 radical (unpaired) electrons. The van der Waals surface area contributed by atoms with Crippen LogP contribution in [0.25, 0.3) is 0 Å². The van der Waals surface area contributed by atoms with Crippen molar-refractivity contribution in [2.24, 2.45) is 0 Å². The normalized spacial score (nSPS) is 15.8. The summed E-state index contributed by atoms with van der Waals surface area (Å²) in [7, 11) is 0. The summed E-state index contributed by atoms with van der Waals surface area (Å²) in [6.07, 6.45) is 0.999. The number of hydrogen-bond donors (Lipinski definition) is 1. The van der Waals surface area contributed by atoms with E-state index in [9.17, 15) is 0 Å². The predicted octanol–water partition coefficient (Wildman–Crippen LogP) is 2.73. The van der Waals surface area contributed by atoms with Crippen LogP contribution in [0.5, 0.6) is 0 Å². The van der Waals surface area contributed by atoms with Gasteiger partial charge in [0.25, 0.3) is 0 Å². The molecule has 90 valence electrons. The summed E-state index contributed by atoms with van der Waals surface area (Å²) < 4.78 is 0. The second kappa shape index (κ2) is 6.33.